The molecule has 3 nitrogen and oxygen atoms in total. The van der Waals surface area contributed by atoms with Gasteiger partial charge in [-0.2, -0.15) is 0 Å². The fourth-order valence-electron chi connectivity index (χ4n) is 1.15. The first-order valence-electron chi connectivity index (χ1n) is 4.35. The summed E-state index contributed by atoms with van der Waals surface area (Å²) in [4.78, 5) is 2.62. The summed E-state index contributed by atoms with van der Waals surface area (Å²) in [7, 11) is 1.68. The number of hydrogen-bond donors (Lipinski definition) is 2. The van der Waals surface area contributed by atoms with Crippen molar-refractivity contribution in [2.45, 2.75) is 19.4 Å². The number of hydrogen-bond acceptors (Lipinski definition) is 4. The van der Waals surface area contributed by atoms with Crippen molar-refractivity contribution in [1.82, 2.24) is 5.43 Å². The Morgan fingerprint density at radius 1 is 1.62 bits per heavy atom. The first-order valence-corrected chi connectivity index (χ1v) is 5.17. The highest BCUT2D eigenvalue weighted by atomic mass is 32.1. The van der Waals surface area contributed by atoms with Gasteiger partial charge < -0.3 is 4.74 Å². The average Bonchev–Trinajstić information content (AvgIpc) is 2.62. The maximum Gasteiger partial charge on any atom is 0.0786 e. The van der Waals surface area contributed by atoms with Crippen LogP contribution in [0.3, 0.4) is 0 Å². The second kappa shape index (κ2) is 5.34. The molecule has 0 saturated carbocycles. The van der Waals surface area contributed by atoms with E-state index < -0.39 is 0 Å². The lowest BCUT2D eigenvalue weighted by Crippen LogP contribution is -2.30. The molecule has 13 heavy (non-hydrogen) atoms. The summed E-state index contributed by atoms with van der Waals surface area (Å²) >= 11 is 1.78. The van der Waals surface area contributed by atoms with Crippen molar-refractivity contribution < 1.29 is 4.74 Å². The van der Waals surface area contributed by atoms with E-state index >= 15 is 0 Å². The summed E-state index contributed by atoms with van der Waals surface area (Å²) in [5.74, 6) is 5.42. The molecule has 0 amide bonds. The molecule has 0 fully saturated rings. The molecule has 1 aromatic heterocycles. The lowest BCUT2D eigenvalue weighted by Gasteiger charge is -2.12. The van der Waals surface area contributed by atoms with Crippen LogP contribution in [0.4, 0.5) is 0 Å². The number of thiophene rings is 1. The van der Waals surface area contributed by atoms with Crippen LogP contribution < -0.4 is 11.3 Å². The van der Waals surface area contributed by atoms with Crippen LogP contribution >= 0.6 is 11.3 Å². The van der Waals surface area contributed by atoms with E-state index in [9.17, 15) is 0 Å². The molecular weight excluding hydrogens is 184 g/mol. The highest BCUT2D eigenvalue weighted by Gasteiger charge is 2.10. The van der Waals surface area contributed by atoms with Crippen molar-refractivity contribution in [3.05, 3.63) is 21.9 Å². The smallest absolute Gasteiger partial charge is 0.0786 e. The van der Waals surface area contributed by atoms with Crippen LogP contribution in [0.2, 0.25) is 0 Å². The predicted octanol–water partition coefficient (Wildman–Crippen LogP) is 1.46. The number of nitrogens with one attached hydrogen (secondary N) is 1. The van der Waals surface area contributed by atoms with E-state index in [4.69, 9.17) is 10.6 Å². The van der Waals surface area contributed by atoms with Gasteiger partial charge in [0, 0.05) is 16.9 Å². The molecule has 0 aromatic carbocycles. The summed E-state index contributed by atoms with van der Waals surface area (Å²) in [6.45, 7) is 2.76. The van der Waals surface area contributed by atoms with Gasteiger partial charge in [-0.1, -0.05) is 6.92 Å². The minimum atomic E-state index is 0.121. The summed E-state index contributed by atoms with van der Waals surface area (Å²) in [6, 6.07) is 4.36. The van der Waals surface area contributed by atoms with Gasteiger partial charge in [0.05, 0.1) is 12.6 Å². The van der Waals surface area contributed by atoms with Crippen molar-refractivity contribution >= 4 is 11.3 Å². The third-order valence-electron chi connectivity index (χ3n) is 1.91. The maximum absolute atomic E-state index is 5.42. The van der Waals surface area contributed by atoms with Crippen molar-refractivity contribution in [1.29, 1.82) is 0 Å². The van der Waals surface area contributed by atoms with Gasteiger partial charge in [0.2, 0.25) is 0 Å². The molecule has 1 atom stereocenters. The number of hydrazine groups is 1. The van der Waals surface area contributed by atoms with Gasteiger partial charge in [-0.15, -0.1) is 11.3 Å². The van der Waals surface area contributed by atoms with Gasteiger partial charge in [0.15, 0.2) is 0 Å². The van der Waals surface area contributed by atoms with Crippen LogP contribution in [0.15, 0.2) is 12.1 Å². The second-order valence-corrected chi connectivity index (χ2v) is 4.03. The lowest BCUT2D eigenvalue weighted by atomic mass is 10.2. The van der Waals surface area contributed by atoms with Gasteiger partial charge >= 0.3 is 0 Å². The third-order valence-corrected chi connectivity index (χ3v) is 3.25. The molecule has 3 N–H and O–H groups in total. The van der Waals surface area contributed by atoms with Crippen molar-refractivity contribution in [2.24, 2.45) is 5.84 Å². The molecule has 0 spiro atoms. The summed E-state index contributed by atoms with van der Waals surface area (Å²) < 4.78 is 5.06. The van der Waals surface area contributed by atoms with Crippen molar-refractivity contribution in [3.8, 4) is 0 Å². The number of methoxy groups -OCH3 is 1. The Balaban J connectivity index is 2.67. The Hall–Kier alpha value is -0.420. The molecule has 0 aliphatic rings. The zero-order chi connectivity index (χ0) is 9.68. The molecule has 0 radical (unpaired) electrons. The van der Waals surface area contributed by atoms with Crippen LogP contribution in [0.25, 0.3) is 0 Å². The Morgan fingerprint density at radius 3 is 2.85 bits per heavy atom. The van der Waals surface area contributed by atoms with Crippen LogP contribution in [-0.2, 0) is 11.2 Å². The Labute approximate surface area is 82.9 Å². The molecule has 74 valence electrons. The molecule has 1 heterocycles. The van der Waals surface area contributed by atoms with E-state index in [1.165, 1.54) is 9.75 Å². The van der Waals surface area contributed by atoms with Gasteiger partial charge in [0.25, 0.3) is 0 Å². The maximum atomic E-state index is 5.42. The molecule has 0 bridgehead atoms. The Kier molecular flexibility index (Phi) is 4.38. The van der Waals surface area contributed by atoms with Crippen LogP contribution in [0.1, 0.15) is 22.7 Å². The van der Waals surface area contributed by atoms with Crippen molar-refractivity contribution in [3.63, 3.8) is 0 Å². The second-order valence-electron chi connectivity index (χ2n) is 2.83. The summed E-state index contributed by atoms with van der Waals surface area (Å²) in [6.07, 6.45) is 1.08. The topological polar surface area (TPSA) is 47.3 Å². The number of nitrogens with two attached hydrogens (primary N) is 1. The minimum absolute atomic E-state index is 0.121. The summed E-state index contributed by atoms with van der Waals surface area (Å²) in [5, 5.41) is 0. The quantitative estimate of drug-likeness (QED) is 0.559. The molecule has 1 rings (SSSR count). The lowest BCUT2D eigenvalue weighted by molar-refractivity contribution is 0.168. The highest BCUT2D eigenvalue weighted by molar-refractivity contribution is 7.12. The van der Waals surface area contributed by atoms with E-state index in [1.54, 1.807) is 18.4 Å². The van der Waals surface area contributed by atoms with Crippen LogP contribution in [-0.4, -0.2) is 13.7 Å². The van der Waals surface area contributed by atoms with E-state index in [0.717, 1.165) is 6.42 Å². The van der Waals surface area contributed by atoms with E-state index in [-0.39, 0.29) is 6.04 Å². The van der Waals surface area contributed by atoms with Gasteiger partial charge in [-0.05, 0) is 18.6 Å². The standard InChI is InChI=1S/C9H16N2OS/c1-3-7-4-5-9(13-7)8(11-10)6-12-2/h4-5,8,11H,3,6,10H2,1-2H3. The van der Waals surface area contributed by atoms with E-state index in [2.05, 4.69) is 24.5 Å². The average molecular weight is 200 g/mol. The molecule has 1 aromatic rings. The molecule has 0 aliphatic heterocycles. The fourth-order valence-corrected chi connectivity index (χ4v) is 2.15. The third kappa shape index (κ3) is 2.77. The number of ether oxygens (including phenoxy) is 1. The van der Waals surface area contributed by atoms with E-state index in [1.807, 2.05) is 0 Å². The first kappa shape index (κ1) is 10.7. The zero-order valence-corrected chi connectivity index (χ0v) is 8.86. The van der Waals surface area contributed by atoms with Crippen LogP contribution in [0.5, 0.6) is 0 Å². The molecule has 0 aliphatic carbocycles. The zero-order valence-electron chi connectivity index (χ0n) is 8.04. The number of rotatable bonds is 5. The minimum Gasteiger partial charge on any atom is -0.383 e. The Bertz CT molecular complexity index is 250. The molecule has 4 heteroatoms. The molecule has 1 unspecified atom stereocenters. The largest absolute Gasteiger partial charge is 0.383 e. The fraction of sp³-hybridized carbons (Fsp3) is 0.556. The predicted molar refractivity (Wildman–Crippen MR) is 55.6 cm³/mol. The highest BCUT2D eigenvalue weighted by Crippen LogP contribution is 2.23. The summed E-state index contributed by atoms with van der Waals surface area (Å²) in [5.41, 5.74) is 2.74. The number of aryl methyl sites for hydroxylation is 1. The monoisotopic (exact) mass is 200 g/mol. The first-order chi connectivity index (χ1) is 6.31. The van der Waals surface area contributed by atoms with E-state index in [0.29, 0.717) is 6.61 Å². The molecular formula is C9H16N2OS. The molecule has 0 saturated heterocycles. The van der Waals surface area contributed by atoms with Gasteiger partial charge in [-0.25, -0.2) is 5.43 Å². The Morgan fingerprint density at radius 2 is 2.38 bits per heavy atom. The van der Waals surface area contributed by atoms with Crippen LogP contribution in [0, 0.1) is 0 Å². The van der Waals surface area contributed by atoms with Gasteiger partial charge in [-0.3, -0.25) is 5.84 Å². The SMILES string of the molecule is CCc1ccc(C(COC)NN)s1. The normalized spacial score (nSPS) is 13.2. The van der Waals surface area contributed by atoms with Crippen molar-refractivity contribution in [2.75, 3.05) is 13.7 Å². The van der Waals surface area contributed by atoms with Gasteiger partial charge in [0.1, 0.15) is 0 Å².